The topological polar surface area (TPSA) is 73.1 Å². The van der Waals surface area contributed by atoms with Crippen LogP contribution in [0.4, 0.5) is 0 Å². The van der Waals surface area contributed by atoms with Crippen LogP contribution in [0.1, 0.15) is 5.69 Å². The summed E-state index contributed by atoms with van der Waals surface area (Å²) in [6.07, 6.45) is 1.65. The summed E-state index contributed by atoms with van der Waals surface area (Å²) in [5.74, 6) is 0.676. The zero-order valence-electron chi connectivity index (χ0n) is 16.2. The van der Waals surface area contributed by atoms with Gasteiger partial charge < -0.3 is 4.74 Å². The Hall–Kier alpha value is -2.68. The van der Waals surface area contributed by atoms with E-state index in [2.05, 4.69) is 14.9 Å². The molecule has 0 bridgehead atoms. The molecule has 1 aliphatic rings. The molecule has 1 fully saturated rings. The number of ether oxygens (including phenoxy) is 1. The van der Waals surface area contributed by atoms with Gasteiger partial charge in [0.2, 0.25) is 0 Å². The van der Waals surface area contributed by atoms with Gasteiger partial charge in [-0.25, -0.2) is 15.0 Å². The summed E-state index contributed by atoms with van der Waals surface area (Å²) in [5.41, 5.74) is 2.51. The molecule has 0 N–H and O–H groups in total. The van der Waals surface area contributed by atoms with Crippen LogP contribution in [-0.2, 0) is 11.3 Å². The van der Waals surface area contributed by atoms with E-state index in [4.69, 9.17) is 9.72 Å². The number of hydrogen-bond donors (Lipinski definition) is 0. The maximum Gasteiger partial charge on any atom is 0.271 e. The monoisotopic (exact) mass is 407 g/mol. The standard InChI is InChI=1S/C21H21N5O2S/c1-14-16-17-18(29-20(16)24-19(23-14)15-5-3-2-4-6-15)21(27)26(13-22-17)8-7-25-9-11-28-12-10-25/h2-6,13H,7-12H2,1H3. The van der Waals surface area contributed by atoms with Gasteiger partial charge in [-0.1, -0.05) is 30.3 Å². The molecule has 8 heteroatoms. The summed E-state index contributed by atoms with van der Waals surface area (Å²) >= 11 is 1.41. The van der Waals surface area contributed by atoms with Gasteiger partial charge in [-0.05, 0) is 6.92 Å². The van der Waals surface area contributed by atoms with Crippen LogP contribution in [0, 0.1) is 6.92 Å². The first kappa shape index (κ1) is 18.4. The number of aryl methyl sites for hydroxylation is 1. The van der Waals surface area contributed by atoms with Crippen molar-refractivity contribution in [3.05, 3.63) is 52.7 Å². The number of aromatic nitrogens is 4. The lowest BCUT2D eigenvalue weighted by Crippen LogP contribution is -2.39. The van der Waals surface area contributed by atoms with Crippen molar-refractivity contribution in [2.45, 2.75) is 13.5 Å². The van der Waals surface area contributed by atoms with Crippen molar-refractivity contribution in [2.24, 2.45) is 0 Å². The van der Waals surface area contributed by atoms with Crippen molar-refractivity contribution in [2.75, 3.05) is 32.8 Å². The highest BCUT2D eigenvalue weighted by atomic mass is 32.1. The second-order valence-corrected chi connectivity index (χ2v) is 8.15. The van der Waals surface area contributed by atoms with Gasteiger partial charge in [0.05, 0.1) is 36.1 Å². The lowest BCUT2D eigenvalue weighted by molar-refractivity contribution is 0.0362. The van der Waals surface area contributed by atoms with Crippen LogP contribution >= 0.6 is 11.3 Å². The molecule has 29 heavy (non-hydrogen) atoms. The molecule has 0 aliphatic carbocycles. The fraction of sp³-hybridized carbons (Fsp3) is 0.333. The van der Waals surface area contributed by atoms with Gasteiger partial charge in [-0.3, -0.25) is 14.3 Å². The molecule has 0 spiro atoms. The number of morpholine rings is 1. The summed E-state index contributed by atoms with van der Waals surface area (Å²) in [6, 6.07) is 9.89. The van der Waals surface area contributed by atoms with Crippen molar-refractivity contribution in [3.63, 3.8) is 0 Å². The number of rotatable bonds is 4. The van der Waals surface area contributed by atoms with Crippen molar-refractivity contribution in [3.8, 4) is 11.4 Å². The molecule has 1 aliphatic heterocycles. The van der Waals surface area contributed by atoms with E-state index in [1.807, 2.05) is 37.3 Å². The molecule has 1 aromatic carbocycles. The van der Waals surface area contributed by atoms with Crippen LogP contribution in [0.25, 0.3) is 31.8 Å². The average molecular weight is 407 g/mol. The van der Waals surface area contributed by atoms with Gasteiger partial charge in [0.1, 0.15) is 9.53 Å². The first-order chi connectivity index (χ1) is 14.2. The highest BCUT2D eigenvalue weighted by Gasteiger charge is 2.17. The summed E-state index contributed by atoms with van der Waals surface area (Å²) in [6.45, 7) is 6.71. The number of thiophene rings is 1. The van der Waals surface area contributed by atoms with Crippen molar-refractivity contribution < 1.29 is 4.74 Å². The predicted molar refractivity (Wildman–Crippen MR) is 114 cm³/mol. The number of benzene rings is 1. The van der Waals surface area contributed by atoms with E-state index < -0.39 is 0 Å². The molecule has 7 nitrogen and oxygen atoms in total. The van der Waals surface area contributed by atoms with E-state index in [0.717, 1.165) is 54.3 Å². The maximum atomic E-state index is 13.1. The molecule has 0 unspecified atom stereocenters. The van der Waals surface area contributed by atoms with Gasteiger partial charge in [0, 0.05) is 31.7 Å². The smallest absolute Gasteiger partial charge is 0.271 e. The Kier molecular flexibility index (Phi) is 4.83. The molecule has 148 valence electrons. The Balaban J connectivity index is 1.53. The molecule has 0 radical (unpaired) electrons. The normalized spacial score (nSPS) is 15.3. The lowest BCUT2D eigenvalue weighted by atomic mass is 10.2. The highest BCUT2D eigenvalue weighted by molar-refractivity contribution is 7.25. The SMILES string of the molecule is Cc1nc(-c2ccccc2)nc2sc3c(=O)n(CCN4CCOCC4)cnc3c12. The predicted octanol–water partition coefficient (Wildman–Crippen LogP) is 2.71. The summed E-state index contributed by atoms with van der Waals surface area (Å²) < 4.78 is 7.73. The fourth-order valence-corrected chi connectivity index (χ4v) is 4.81. The number of nitrogens with zero attached hydrogens (tertiary/aromatic N) is 5. The van der Waals surface area contributed by atoms with Crippen LogP contribution in [0.2, 0.25) is 0 Å². The van der Waals surface area contributed by atoms with Gasteiger partial charge in [-0.2, -0.15) is 0 Å². The van der Waals surface area contributed by atoms with E-state index in [1.54, 1.807) is 10.9 Å². The van der Waals surface area contributed by atoms with Gasteiger partial charge in [-0.15, -0.1) is 11.3 Å². The first-order valence-corrected chi connectivity index (χ1v) is 10.5. The lowest BCUT2D eigenvalue weighted by Gasteiger charge is -2.26. The molecule has 0 atom stereocenters. The van der Waals surface area contributed by atoms with Crippen LogP contribution in [0.3, 0.4) is 0 Å². The van der Waals surface area contributed by atoms with Gasteiger partial charge in [0.15, 0.2) is 5.82 Å². The molecule has 1 saturated heterocycles. The molecule has 0 amide bonds. The zero-order chi connectivity index (χ0) is 19.8. The largest absolute Gasteiger partial charge is 0.379 e. The maximum absolute atomic E-state index is 13.1. The first-order valence-electron chi connectivity index (χ1n) is 9.72. The average Bonchev–Trinajstić information content (AvgIpc) is 3.15. The Morgan fingerprint density at radius 1 is 1.10 bits per heavy atom. The summed E-state index contributed by atoms with van der Waals surface area (Å²) in [5, 5.41) is 0.877. The van der Waals surface area contributed by atoms with Crippen LogP contribution < -0.4 is 5.56 Å². The third-order valence-electron chi connectivity index (χ3n) is 5.28. The van der Waals surface area contributed by atoms with E-state index >= 15 is 0 Å². The Morgan fingerprint density at radius 3 is 2.69 bits per heavy atom. The minimum absolute atomic E-state index is 0.00748. The van der Waals surface area contributed by atoms with Crippen LogP contribution in [0.15, 0.2) is 41.5 Å². The molecule has 5 rings (SSSR count). The molecular formula is C21H21N5O2S. The highest BCUT2D eigenvalue weighted by Crippen LogP contribution is 2.32. The third-order valence-corrected chi connectivity index (χ3v) is 6.34. The molecule has 0 saturated carbocycles. The number of hydrogen-bond acceptors (Lipinski definition) is 7. The second-order valence-electron chi connectivity index (χ2n) is 7.16. The second kappa shape index (κ2) is 7.62. The Labute approximate surface area is 171 Å². The van der Waals surface area contributed by atoms with Crippen molar-refractivity contribution in [1.82, 2.24) is 24.4 Å². The fourth-order valence-electron chi connectivity index (χ4n) is 3.68. The number of fused-ring (bicyclic) bond motifs is 3. The third kappa shape index (κ3) is 3.43. The Morgan fingerprint density at radius 2 is 1.90 bits per heavy atom. The van der Waals surface area contributed by atoms with E-state index in [9.17, 15) is 4.79 Å². The van der Waals surface area contributed by atoms with Gasteiger partial charge >= 0.3 is 0 Å². The van der Waals surface area contributed by atoms with E-state index in [0.29, 0.717) is 22.6 Å². The van der Waals surface area contributed by atoms with E-state index in [-0.39, 0.29) is 5.56 Å². The quantitative estimate of drug-likeness (QED) is 0.518. The van der Waals surface area contributed by atoms with Crippen LogP contribution in [-0.4, -0.2) is 57.3 Å². The minimum Gasteiger partial charge on any atom is -0.379 e. The van der Waals surface area contributed by atoms with E-state index in [1.165, 1.54) is 11.3 Å². The zero-order valence-corrected chi connectivity index (χ0v) is 17.0. The molecule has 4 aromatic rings. The minimum atomic E-state index is -0.00748. The molecule has 4 heterocycles. The van der Waals surface area contributed by atoms with Crippen molar-refractivity contribution in [1.29, 1.82) is 0 Å². The summed E-state index contributed by atoms with van der Waals surface area (Å²) in [7, 11) is 0. The van der Waals surface area contributed by atoms with Gasteiger partial charge in [0.25, 0.3) is 5.56 Å². The van der Waals surface area contributed by atoms with Crippen LogP contribution in [0.5, 0.6) is 0 Å². The summed E-state index contributed by atoms with van der Waals surface area (Å²) in [4.78, 5) is 30.2. The Bertz CT molecular complexity index is 1230. The molecule has 3 aromatic heterocycles. The molecular weight excluding hydrogens is 386 g/mol. The van der Waals surface area contributed by atoms with Crippen molar-refractivity contribution >= 4 is 31.8 Å².